The van der Waals surface area contributed by atoms with Gasteiger partial charge in [0.25, 0.3) is 5.91 Å². The van der Waals surface area contributed by atoms with E-state index in [2.05, 4.69) is 15.5 Å². The van der Waals surface area contributed by atoms with E-state index in [9.17, 15) is 9.59 Å². The average molecular weight is 450 g/mol. The van der Waals surface area contributed by atoms with Crippen LogP contribution >= 0.6 is 11.8 Å². The van der Waals surface area contributed by atoms with Crippen LogP contribution in [0.25, 0.3) is 0 Å². The van der Waals surface area contributed by atoms with Gasteiger partial charge >= 0.3 is 0 Å². The Balaban J connectivity index is 1.38. The zero-order chi connectivity index (χ0) is 22.5. The zero-order valence-electron chi connectivity index (χ0n) is 18.3. The highest BCUT2D eigenvalue weighted by atomic mass is 32.2. The number of aromatic nitrogens is 3. The fourth-order valence-corrected chi connectivity index (χ4v) is 4.69. The number of hydrogen-bond acceptors (Lipinski definition) is 5. The maximum atomic E-state index is 13.1. The minimum atomic E-state index is -0.109. The quantitative estimate of drug-likeness (QED) is 0.559. The fraction of sp³-hybridized carbons (Fsp3) is 0.333. The molecule has 1 saturated heterocycles. The molecule has 166 valence electrons. The third-order valence-corrected chi connectivity index (χ3v) is 6.63. The van der Waals surface area contributed by atoms with E-state index in [1.165, 1.54) is 11.8 Å². The molecule has 4 rings (SSSR count). The number of nitrogens with one attached hydrogen (secondary N) is 1. The summed E-state index contributed by atoms with van der Waals surface area (Å²) in [5.41, 5.74) is 2.82. The number of aryl methyl sites for hydroxylation is 1. The van der Waals surface area contributed by atoms with E-state index in [1.807, 2.05) is 78.0 Å². The molecule has 0 spiro atoms. The van der Waals surface area contributed by atoms with Gasteiger partial charge in [0, 0.05) is 25.7 Å². The summed E-state index contributed by atoms with van der Waals surface area (Å²) >= 11 is 1.35. The molecule has 2 amide bonds. The molecule has 1 fully saturated rings. The molecule has 8 heteroatoms. The third kappa shape index (κ3) is 5.02. The predicted molar refractivity (Wildman–Crippen MR) is 124 cm³/mol. The summed E-state index contributed by atoms with van der Waals surface area (Å²) in [5, 5.41) is 12.3. The molecule has 1 aliphatic rings. The summed E-state index contributed by atoms with van der Waals surface area (Å²) in [7, 11) is 1.90. The molecular formula is C24H27N5O2S. The van der Waals surface area contributed by atoms with Crippen molar-refractivity contribution in [3.63, 3.8) is 0 Å². The molecule has 0 radical (unpaired) electrons. The highest BCUT2D eigenvalue weighted by Gasteiger charge is 2.34. The first-order valence-corrected chi connectivity index (χ1v) is 11.7. The molecule has 0 saturated carbocycles. The summed E-state index contributed by atoms with van der Waals surface area (Å²) in [4.78, 5) is 27.3. The molecular weight excluding hydrogens is 422 g/mol. The first kappa shape index (κ1) is 22.1. The number of nitrogens with zero attached hydrogens (tertiary/aromatic N) is 4. The van der Waals surface area contributed by atoms with E-state index >= 15 is 0 Å². The maximum Gasteiger partial charge on any atom is 0.254 e. The Labute approximate surface area is 192 Å². The summed E-state index contributed by atoms with van der Waals surface area (Å²) in [6.07, 6.45) is 1.78. The lowest BCUT2D eigenvalue weighted by molar-refractivity contribution is -0.118. The van der Waals surface area contributed by atoms with Gasteiger partial charge in [-0.25, -0.2) is 0 Å². The number of hydrogen-bond donors (Lipinski definition) is 1. The van der Waals surface area contributed by atoms with Gasteiger partial charge < -0.3 is 14.8 Å². The van der Waals surface area contributed by atoms with Crippen molar-refractivity contribution in [2.45, 2.75) is 37.5 Å². The molecule has 0 bridgehead atoms. The van der Waals surface area contributed by atoms with Gasteiger partial charge in [0.05, 0.1) is 11.8 Å². The molecule has 1 N–H and O–H groups in total. The largest absolute Gasteiger partial charge is 0.351 e. The van der Waals surface area contributed by atoms with Crippen LogP contribution in [0, 0.1) is 6.92 Å². The number of rotatable bonds is 7. The third-order valence-electron chi connectivity index (χ3n) is 5.61. The number of amides is 2. The van der Waals surface area contributed by atoms with E-state index in [0.717, 1.165) is 29.8 Å². The first-order chi connectivity index (χ1) is 15.5. The van der Waals surface area contributed by atoms with Crippen molar-refractivity contribution in [1.29, 1.82) is 0 Å². The maximum absolute atomic E-state index is 13.1. The van der Waals surface area contributed by atoms with Crippen LogP contribution in [-0.4, -0.2) is 43.8 Å². The van der Waals surface area contributed by atoms with E-state index in [4.69, 9.17) is 0 Å². The molecule has 0 aliphatic carbocycles. The van der Waals surface area contributed by atoms with E-state index in [0.29, 0.717) is 23.8 Å². The number of benzene rings is 2. The molecule has 2 heterocycles. The minimum Gasteiger partial charge on any atom is -0.351 e. The van der Waals surface area contributed by atoms with Crippen LogP contribution in [0.3, 0.4) is 0 Å². The summed E-state index contributed by atoms with van der Waals surface area (Å²) in [6.45, 7) is 3.19. The van der Waals surface area contributed by atoms with Gasteiger partial charge in [0.1, 0.15) is 0 Å². The predicted octanol–water partition coefficient (Wildman–Crippen LogP) is 3.51. The number of carbonyl (C=O) groups excluding carboxylic acids is 2. The standard InChI is InChI=1S/C24H27N5O2S/c1-17-8-6-11-19(14-17)23(31)29-13-7-12-20(29)22-26-27-24(28(22)2)32-16-21(30)25-15-18-9-4-3-5-10-18/h3-6,8-11,14,20H,7,12-13,15-16H2,1-2H3,(H,25,30). The Hall–Kier alpha value is -3.13. The van der Waals surface area contributed by atoms with Crippen molar-refractivity contribution >= 4 is 23.6 Å². The van der Waals surface area contributed by atoms with Crippen molar-refractivity contribution < 1.29 is 9.59 Å². The van der Waals surface area contributed by atoms with Gasteiger partial charge in [-0.2, -0.15) is 0 Å². The van der Waals surface area contributed by atoms with Crippen LogP contribution in [0.5, 0.6) is 0 Å². The SMILES string of the molecule is Cc1cccc(C(=O)N2CCCC2c2nnc(SCC(=O)NCc3ccccc3)n2C)c1. The van der Waals surface area contributed by atoms with Crippen molar-refractivity contribution in [2.75, 3.05) is 12.3 Å². The van der Waals surface area contributed by atoms with Gasteiger partial charge in [0.2, 0.25) is 5.91 Å². The first-order valence-electron chi connectivity index (χ1n) is 10.7. The van der Waals surface area contributed by atoms with Crippen molar-refractivity contribution in [3.8, 4) is 0 Å². The van der Waals surface area contributed by atoms with E-state index in [-0.39, 0.29) is 23.6 Å². The topological polar surface area (TPSA) is 80.1 Å². The van der Waals surface area contributed by atoms with Gasteiger partial charge in [-0.3, -0.25) is 9.59 Å². The number of thioether (sulfide) groups is 1. The summed E-state index contributed by atoms with van der Waals surface area (Å²) in [5.74, 6) is 0.986. The molecule has 32 heavy (non-hydrogen) atoms. The van der Waals surface area contributed by atoms with Crippen LogP contribution < -0.4 is 5.32 Å². The fourth-order valence-electron chi connectivity index (χ4n) is 3.94. The molecule has 1 aliphatic heterocycles. The second-order valence-electron chi connectivity index (χ2n) is 7.98. The van der Waals surface area contributed by atoms with Crippen molar-refractivity contribution in [1.82, 2.24) is 25.0 Å². The van der Waals surface area contributed by atoms with E-state index < -0.39 is 0 Å². The Morgan fingerprint density at radius 2 is 1.94 bits per heavy atom. The van der Waals surface area contributed by atoms with Crippen LogP contribution in [0.2, 0.25) is 0 Å². The Bertz CT molecular complexity index is 1100. The summed E-state index contributed by atoms with van der Waals surface area (Å²) < 4.78 is 1.90. The second-order valence-corrected chi connectivity index (χ2v) is 8.92. The van der Waals surface area contributed by atoms with Crippen LogP contribution in [0.4, 0.5) is 0 Å². The summed E-state index contributed by atoms with van der Waals surface area (Å²) in [6, 6.07) is 17.4. The van der Waals surface area contributed by atoms with Crippen molar-refractivity contribution in [3.05, 3.63) is 77.1 Å². The van der Waals surface area contributed by atoms with E-state index in [1.54, 1.807) is 0 Å². The highest BCUT2D eigenvalue weighted by molar-refractivity contribution is 7.99. The molecule has 1 aromatic heterocycles. The van der Waals surface area contributed by atoms with Crippen LogP contribution in [0.1, 0.15) is 46.2 Å². The monoisotopic (exact) mass is 449 g/mol. The Morgan fingerprint density at radius 1 is 1.12 bits per heavy atom. The van der Waals surface area contributed by atoms with Gasteiger partial charge in [-0.05, 0) is 37.5 Å². The van der Waals surface area contributed by atoms with Crippen molar-refractivity contribution in [2.24, 2.45) is 7.05 Å². The molecule has 2 aromatic carbocycles. The second kappa shape index (κ2) is 9.99. The molecule has 7 nitrogen and oxygen atoms in total. The Morgan fingerprint density at radius 3 is 2.72 bits per heavy atom. The number of carbonyl (C=O) groups is 2. The van der Waals surface area contributed by atoms with Gasteiger partial charge in [-0.15, -0.1) is 10.2 Å². The van der Waals surface area contributed by atoms with Gasteiger partial charge in [0.15, 0.2) is 11.0 Å². The Kier molecular flexibility index (Phi) is 6.90. The van der Waals surface area contributed by atoms with Gasteiger partial charge in [-0.1, -0.05) is 59.8 Å². The minimum absolute atomic E-state index is 0.0219. The lowest BCUT2D eigenvalue weighted by Gasteiger charge is -2.24. The lowest BCUT2D eigenvalue weighted by atomic mass is 10.1. The zero-order valence-corrected chi connectivity index (χ0v) is 19.1. The molecule has 1 atom stereocenters. The molecule has 1 unspecified atom stereocenters. The average Bonchev–Trinajstić information content (AvgIpc) is 3.43. The normalized spacial score (nSPS) is 15.7. The highest BCUT2D eigenvalue weighted by Crippen LogP contribution is 2.33. The molecule has 3 aromatic rings. The smallest absolute Gasteiger partial charge is 0.254 e. The van der Waals surface area contributed by atoms with Crippen LogP contribution in [0.15, 0.2) is 59.8 Å². The van der Waals surface area contributed by atoms with Crippen LogP contribution in [-0.2, 0) is 18.4 Å². The number of likely N-dealkylation sites (tertiary alicyclic amines) is 1. The lowest BCUT2D eigenvalue weighted by Crippen LogP contribution is -2.32.